The van der Waals surface area contributed by atoms with Gasteiger partial charge in [0, 0.05) is 12.1 Å². The van der Waals surface area contributed by atoms with Crippen LogP contribution in [0.25, 0.3) is 0 Å². The summed E-state index contributed by atoms with van der Waals surface area (Å²) in [6, 6.07) is 3.56. The molecule has 0 aliphatic carbocycles. The first-order valence-electron chi connectivity index (χ1n) is 6.33. The molecular weight excluding hydrogens is 302 g/mol. The lowest BCUT2D eigenvalue weighted by molar-refractivity contribution is 0.395. The molecule has 0 aromatic heterocycles. The van der Waals surface area contributed by atoms with Crippen molar-refractivity contribution in [2.24, 2.45) is 0 Å². The number of anilines is 1. The van der Waals surface area contributed by atoms with Crippen molar-refractivity contribution >= 4 is 27.1 Å². The van der Waals surface area contributed by atoms with Gasteiger partial charge in [0.2, 0.25) is 0 Å². The third kappa shape index (κ3) is 3.49. The Hall–Kier alpha value is -1.14. The van der Waals surface area contributed by atoms with Gasteiger partial charge in [0.05, 0.1) is 36.4 Å². The zero-order chi connectivity index (χ0) is 14.8. The van der Waals surface area contributed by atoms with Crippen LogP contribution in [0, 0.1) is 0 Å². The number of nitrogens with one attached hydrogen (secondary N) is 1. The summed E-state index contributed by atoms with van der Waals surface area (Å²) in [7, 11) is 0.250. The number of methoxy groups -OCH3 is 2. The zero-order valence-corrected chi connectivity index (χ0v) is 13.1. The number of sulfone groups is 1. The van der Waals surface area contributed by atoms with E-state index in [4.69, 9.17) is 21.1 Å². The lowest BCUT2D eigenvalue weighted by Crippen LogP contribution is -2.32. The molecule has 1 aromatic rings. The van der Waals surface area contributed by atoms with E-state index in [0.29, 0.717) is 29.4 Å². The molecule has 1 saturated heterocycles. The molecule has 7 heteroatoms. The molecule has 5 nitrogen and oxygen atoms in total. The van der Waals surface area contributed by atoms with E-state index in [1.807, 2.05) is 0 Å². The number of hydrogen-bond acceptors (Lipinski definition) is 5. The van der Waals surface area contributed by atoms with Crippen molar-refractivity contribution in [2.75, 3.05) is 31.0 Å². The summed E-state index contributed by atoms with van der Waals surface area (Å²) in [6.45, 7) is 0. The van der Waals surface area contributed by atoms with E-state index in [1.54, 1.807) is 26.4 Å². The smallest absolute Gasteiger partial charge is 0.150 e. The van der Waals surface area contributed by atoms with Crippen LogP contribution in [0.1, 0.15) is 12.8 Å². The topological polar surface area (TPSA) is 64.6 Å². The molecule has 0 atom stereocenters. The van der Waals surface area contributed by atoms with Crippen molar-refractivity contribution in [1.29, 1.82) is 0 Å². The van der Waals surface area contributed by atoms with E-state index in [1.165, 1.54) is 0 Å². The van der Waals surface area contributed by atoms with Crippen LogP contribution < -0.4 is 14.8 Å². The predicted molar refractivity (Wildman–Crippen MR) is 79.9 cm³/mol. The van der Waals surface area contributed by atoms with Crippen molar-refractivity contribution in [3.8, 4) is 11.5 Å². The second kappa shape index (κ2) is 6.10. The largest absolute Gasteiger partial charge is 0.495 e. The van der Waals surface area contributed by atoms with Gasteiger partial charge in [-0.15, -0.1) is 0 Å². The van der Waals surface area contributed by atoms with Crippen molar-refractivity contribution in [2.45, 2.75) is 18.9 Å². The highest BCUT2D eigenvalue weighted by molar-refractivity contribution is 7.91. The molecule has 1 N–H and O–H groups in total. The molecule has 0 amide bonds. The number of rotatable bonds is 4. The molecule has 1 aliphatic heterocycles. The number of ether oxygens (including phenoxy) is 2. The predicted octanol–water partition coefficient (Wildman–Crippen LogP) is 2.35. The highest BCUT2D eigenvalue weighted by atomic mass is 35.5. The van der Waals surface area contributed by atoms with Crippen molar-refractivity contribution in [1.82, 2.24) is 0 Å². The minimum absolute atomic E-state index is 0.108. The van der Waals surface area contributed by atoms with Crippen molar-refractivity contribution in [3.05, 3.63) is 17.2 Å². The van der Waals surface area contributed by atoms with E-state index < -0.39 is 9.84 Å². The normalized spacial score (nSPS) is 18.6. The molecule has 0 unspecified atom stereocenters. The summed E-state index contributed by atoms with van der Waals surface area (Å²) >= 11 is 6.11. The Labute approximate surface area is 124 Å². The molecule has 0 bridgehead atoms. The summed E-state index contributed by atoms with van der Waals surface area (Å²) in [6.07, 6.45) is 1.18. The summed E-state index contributed by atoms with van der Waals surface area (Å²) in [5.41, 5.74) is 0.752. The highest BCUT2D eigenvalue weighted by Gasteiger charge is 2.24. The maximum atomic E-state index is 11.4. The molecule has 20 heavy (non-hydrogen) atoms. The first-order valence-corrected chi connectivity index (χ1v) is 8.53. The van der Waals surface area contributed by atoms with Gasteiger partial charge >= 0.3 is 0 Å². The monoisotopic (exact) mass is 319 g/mol. The first-order chi connectivity index (χ1) is 9.45. The molecule has 1 aliphatic rings. The lowest BCUT2D eigenvalue weighted by Gasteiger charge is -2.25. The van der Waals surface area contributed by atoms with Crippen LogP contribution in [0.2, 0.25) is 5.02 Å². The third-order valence-corrected chi connectivity index (χ3v) is 5.40. The fourth-order valence-electron chi connectivity index (χ4n) is 2.23. The summed E-state index contributed by atoms with van der Waals surface area (Å²) in [4.78, 5) is 0. The zero-order valence-electron chi connectivity index (χ0n) is 11.5. The standard InChI is InChI=1S/C13H18ClNO4S/c1-18-12-8-13(19-2)11(7-10(12)14)15-9-3-5-20(16,17)6-4-9/h7-9,15H,3-6H2,1-2H3. The van der Waals surface area contributed by atoms with Crippen LogP contribution in [-0.4, -0.2) is 40.2 Å². The van der Waals surface area contributed by atoms with Crippen molar-refractivity contribution in [3.63, 3.8) is 0 Å². The van der Waals surface area contributed by atoms with Crippen LogP contribution in [-0.2, 0) is 9.84 Å². The fourth-order valence-corrected chi connectivity index (χ4v) is 3.96. The lowest BCUT2D eigenvalue weighted by atomic mass is 10.1. The van der Waals surface area contributed by atoms with Crippen LogP contribution in [0.15, 0.2) is 12.1 Å². The van der Waals surface area contributed by atoms with Gasteiger partial charge in [-0.1, -0.05) is 11.6 Å². The van der Waals surface area contributed by atoms with Gasteiger partial charge < -0.3 is 14.8 Å². The Morgan fingerprint density at radius 3 is 2.30 bits per heavy atom. The fraction of sp³-hybridized carbons (Fsp3) is 0.538. The average Bonchev–Trinajstić information content (AvgIpc) is 2.41. The number of hydrogen-bond donors (Lipinski definition) is 1. The van der Waals surface area contributed by atoms with E-state index in [-0.39, 0.29) is 17.5 Å². The van der Waals surface area contributed by atoms with E-state index in [9.17, 15) is 8.42 Å². The first kappa shape index (κ1) is 15.3. The number of halogens is 1. The molecular formula is C13H18ClNO4S. The van der Waals surface area contributed by atoms with Gasteiger partial charge in [-0.3, -0.25) is 0 Å². The van der Waals surface area contributed by atoms with Crippen LogP contribution >= 0.6 is 11.6 Å². The van der Waals surface area contributed by atoms with Gasteiger partial charge in [0.25, 0.3) is 0 Å². The molecule has 1 aromatic carbocycles. The third-order valence-electron chi connectivity index (χ3n) is 3.39. The van der Waals surface area contributed by atoms with E-state index in [2.05, 4.69) is 5.32 Å². The highest BCUT2D eigenvalue weighted by Crippen LogP contribution is 2.36. The van der Waals surface area contributed by atoms with Crippen LogP contribution in [0.5, 0.6) is 11.5 Å². The number of benzene rings is 1. The van der Waals surface area contributed by atoms with Gasteiger partial charge in [0.15, 0.2) is 0 Å². The molecule has 2 rings (SSSR count). The van der Waals surface area contributed by atoms with Crippen LogP contribution in [0.4, 0.5) is 5.69 Å². The molecule has 1 heterocycles. The maximum absolute atomic E-state index is 11.4. The van der Waals surface area contributed by atoms with Gasteiger partial charge in [0.1, 0.15) is 21.3 Å². The molecule has 1 fully saturated rings. The molecule has 0 spiro atoms. The van der Waals surface area contributed by atoms with Crippen LogP contribution in [0.3, 0.4) is 0 Å². The Balaban J connectivity index is 2.15. The SMILES string of the molecule is COc1cc(OC)c(NC2CCS(=O)(=O)CC2)cc1Cl. The Bertz CT molecular complexity index is 574. The quantitative estimate of drug-likeness (QED) is 0.923. The Morgan fingerprint density at radius 1 is 1.15 bits per heavy atom. The Morgan fingerprint density at radius 2 is 1.75 bits per heavy atom. The summed E-state index contributed by atoms with van der Waals surface area (Å²) in [5, 5.41) is 3.79. The van der Waals surface area contributed by atoms with E-state index >= 15 is 0 Å². The summed E-state index contributed by atoms with van der Waals surface area (Å²) in [5.74, 6) is 1.60. The average molecular weight is 320 g/mol. The van der Waals surface area contributed by atoms with Gasteiger partial charge in [-0.2, -0.15) is 0 Å². The van der Waals surface area contributed by atoms with E-state index in [0.717, 1.165) is 5.69 Å². The molecule has 0 radical (unpaired) electrons. The second-order valence-corrected chi connectivity index (χ2v) is 7.47. The maximum Gasteiger partial charge on any atom is 0.150 e. The van der Waals surface area contributed by atoms with Gasteiger partial charge in [-0.05, 0) is 18.9 Å². The van der Waals surface area contributed by atoms with Crippen molar-refractivity contribution < 1.29 is 17.9 Å². The molecule has 0 saturated carbocycles. The molecule has 112 valence electrons. The van der Waals surface area contributed by atoms with Gasteiger partial charge in [-0.25, -0.2) is 8.42 Å². The second-order valence-electron chi connectivity index (χ2n) is 4.76. The summed E-state index contributed by atoms with van der Waals surface area (Å²) < 4.78 is 33.3. The Kier molecular flexibility index (Phi) is 4.65. The minimum atomic E-state index is -2.86. The minimum Gasteiger partial charge on any atom is -0.495 e.